The number of nitrogens with one attached hydrogen (secondary N) is 2. The van der Waals surface area contributed by atoms with Gasteiger partial charge in [0.05, 0.1) is 30.2 Å². The molecule has 2 aliphatic heterocycles. The summed E-state index contributed by atoms with van der Waals surface area (Å²) in [4.78, 5) is 29.0. The number of fused-ring (bicyclic) bond motifs is 1. The molecule has 3 aliphatic rings. The highest BCUT2D eigenvalue weighted by Gasteiger charge is 2.29. The number of nitrogens with zero attached hydrogens (tertiary/aromatic N) is 4. The van der Waals surface area contributed by atoms with Gasteiger partial charge >= 0.3 is 0 Å². The number of hydrogen-bond acceptors (Lipinski definition) is 8. The molecule has 3 aromatic rings. The van der Waals surface area contributed by atoms with Gasteiger partial charge in [0, 0.05) is 35.8 Å². The third kappa shape index (κ3) is 5.37. The van der Waals surface area contributed by atoms with Crippen molar-refractivity contribution in [2.24, 2.45) is 15.7 Å². The van der Waals surface area contributed by atoms with Gasteiger partial charge in [0.15, 0.2) is 0 Å². The molecular formula is C29H29N7O3. The number of para-hydroxylation sites is 1. The van der Waals surface area contributed by atoms with E-state index in [1.165, 1.54) is 0 Å². The van der Waals surface area contributed by atoms with Crippen LogP contribution in [-0.4, -0.2) is 61.0 Å². The number of nitrogens with two attached hydrogens (primary N) is 1. The lowest BCUT2D eigenvalue weighted by molar-refractivity contribution is -0.117. The lowest BCUT2D eigenvalue weighted by Gasteiger charge is -2.29. The number of aromatic nitrogens is 1. The third-order valence-corrected chi connectivity index (χ3v) is 6.88. The van der Waals surface area contributed by atoms with Crippen molar-refractivity contribution >= 4 is 35.0 Å². The Kier molecular flexibility index (Phi) is 6.76. The second-order valence-electron chi connectivity index (χ2n) is 9.63. The summed E-state index contributed by atoms with van der Waals surface area (Å²) in [7, 11) is 0. The number of carbonyl (C=O) groups is 1. The van der Waals surface area contributed by atoms with Crippen molar-refractivity contribution < 1.29 is 14.3 Å². The van der Waals surface area contributed by atoms with E-state index in [9.17, 15) is 4.79 Å². The van der Waals surface area contributed by atoms with Crippen molar-refractivity contribution in [1.82, 2.24) is 4.98 Å². The summed E-state index contributed by atoms with van der Waals surface area (Å²) >= 11 is 0. The van der Waals surface area contributed by atoms with Gasteiger partial charge in [-0.3, -0.25) is 10.2 Å². The molecule has 1 aliphatic carbocycles. The lowest BCUT2D eigenvalue weighted by Crippen LogP contribution is -2.38. The molecule has 6 rings (SSSR count). The first-order chi connectivity index (χ1) is 19.1. The molecule has 0 unspecified atom stereocenters. The molecular weight excluding hydrogens is 494 g/mol. The van der Waals surface area contributed by atoms with Crippen molar-refractivity contribution in [3.8, 4) is 0 Å². The Labute approximate surface area is 226 Å². The van der Waals surface area contributed by atoms with Crippen LogP contribution in [-0.2, 0) is 14.3 Å². The van der Waals surface area contributed by atoms with Gasteiger partial charge in [-0.1, -0.05) is 48.5 Å². The van der Waals surface area contributed by atoms with E-state index in [1.807, 2.05) is 66.7 Å². The highest BCUT2D eigenvalue weighted by atomic mass is 16.5. The number of anilines is 2. The Morgan fingerprint density at radius 2 is 1.79 bits per heavy atom. The number of amidine groups is 1. The minimum Gasteiger partial charge on any atom is -0.407 e. The molecule has 1 atom stereocenters. The Morgan fingerprint density at radius 1 is 1.05 bits per heavy atom. The number of rotatable bonds is 5. The first-order valence-electron chi connectivity index (χ1n) is 13.0. The van der Waals surface area contributed by atoms with Gasteiger partial charge in [0.25, 0.3) is 11.9 Å². The molecule has 0 spiro atoms. The number of benzodiazepines with no additional fused rings is 1. The Balaban J connectivity index is 1.29. The van der Waals surface area contributed by atoms with Gasteiger partial charge in [0.2, 0.25) is 12.1 Å². The molecule has 4 N–H and O–H groups in total. The Morgan fingerprint density at radius 3 is 2.56 bits per heavy atom. The Hall–Kier alpha value is -4.57. The third-order valence-electron chi connectivity index (χ3n) is 6.88. The minimum atomic E-state index is -1.20. The summed E-state index contributed by atoms with van der Waals surface area (Å²) in [6, 6.07) is 20.5. The van der Waals surface area contributed by atoms with Crippen LogP contribution >= 0.6 is 0 Å². The molecule has 1 aromatic heterocycles. The molecule has 198 valence electrons. The average Bonchev–Trinajstić information content (AvgIpc) is 3.83. The van der Waals surface area contributed by atoms with Crippen LogP contribution in [0, 0.1) is 5.41 Å². The topological polar surface area (TPSA) is 138 Å². The van der Waals surface area contributed by atoms with Crippen molar-refractivity contribution in [1.29, 1.82) is 5.41 Å². The Bertz CT molecular complexity index is 1460. The number of amides is 1. The van der Waals surface area contributed by atoms with Crippen LogP contribution in [0.4, 0.5) is 11.5 Å². The van der Waals surface area contributed by atoms with Gasteiger partial charge in [0.1, 0.15) is 5.82 Å². The smallest absolute Gasteiger partial charge is 0.291 e. The highest BCUT2D eigenvalue weighted by Crippen LogP contribution is 2.40. The number of hydrogen-bond donors (Lipinski definition) is 3. The summed E-state index contributed by atoms with van der Waals surface area (Å²) in [6.45, 7) is 2.52. The van der Waals surface area contributed by atoms with E-state index < -0.39 is 12.1 Å². The van der Waals surface area contributed by atoms with E-state index in [0.717, 1.165) is 29.7 Å². The van der Waals surface area contributed by atoms with E-state index >= 15 is 0 Å². The monoisotopic (exact) mass is 523 g/mol. The fourth-order valence-corrected chi connectivity index (χ4v) is 4.73. The number of aliphatic imine (C=N–C) groups is 2. The van der Waals surface area contributed by atoms with Crippen LogP contribution in [0.3, 0.4) is 0 Å². The number of benzene rings is 2. The first kappa shape index (κ1) is 24.7. The van der Waals surface area contributed by atoms with E-state index in [-0.39, 0.29) is 11.9 Å². The van der Waals surface area contributed by atoms with E-state index in [4.69, 9.17) is 25.6 Å². The largest absolute Gasteiger partial charge is 0.407 e. The summed E-state index contributed by atoms with van der Waals surface area (Å²) in [5.41, 5.74) is 10.5. The average molecular weight is 524 g/mol. The molecule has 1 amide bonds. The second-order valence-corrected chi connectivity index (χ2v) is 9.63. The maximum absolute atomic E-state index is 13.1. The molecule has 10 heteroatoms. The molecule has 2 fully saturated rings. The minimum absolute atomic E-state index is 0.197. The maximum Gasteiger partial charge on any atom is 0.291 e. The summed E-state index contributed by atoms with van der Waals surface area (Å²) in [5.74, 6) is 0.496. The second kappa shape index (κ2) is 10.7. The normalized spacial score (nSPS) is 19.4. The zero-order chi connectivity index (χ0) is 26.8. The quantitative estimate of drug-likeness (QED) is 0.347. The fraction of sp³-hybridized carbons (Fsp3) is 0.276. The van der Waals surface area contributed by atoms with Crippen LogP contribution in [0.5, 0.6) is 0 Å². The zero-order valence-corrected chi connectivity index (χ0v) is 21.3. The number of morpholine rings is 1. The molecule has 3 heterocycles. The van der Waals surface area contributed by atoms with E-state index in [0.29, 0.717) is 55.0 Å². The molecule has 39 heavy (non-hydrogen) atoms. The zero-order valence-electron chi connectivity index (χ0n) is 21.3. The van der Waals surface area contributed by atoms with Crippen LogP contribution in [0.2, 0.25) is 0 Å². The maximum atomic E-state index is 13.1. The van der Waals surface area contributed by atoms with Crippen LogP contribution < -0.4 is 16.0 Å². The number of ether oxygens (including phenoxy) is 2. The highest BCUT2D eigenvalue weighted by molar-refractivity contribution is 6.19. The predicted octanol–water partition coefficient (Wildman–Crippen LogP) is 3.27. The first-order valence-corrected chi connectivity index (χ1v) is 13.0. The van der Waals surface area contributed by atoms with Crippen molar-refractivity contribution in [3.05, 3.63) is 89.1 Å². The number of carbonyl (C=O) groups excluding carboxylic acids is 1. The van der Waals surface area contributed by atoms with Crippen LogP contribution in [0.25, 0.3) is 0 Å². The molecule has 1 saturated carbocycles. The fourth-order valence-electron chi connectivity index (χ4n) is 4.73. The number of pyridine rings is 1. The molecule has 0 bridgehead atoms. The lowest BCUT2D eigenvalue weighted by atomic mass is 10.0. The van der Waals surface area contributed by atoms with E-state index in [2.05, 4.69) is 20.2 Å². The predicted molar refractivity (Wildman–Crippen MR) is 150 cm³/mol. The summed E-state index contributed by atoms with van der Waals surface area (Å²) < 4.78 is 11.2. The van der Waals surface area contributed by atoms with Crippen LogP contribution in [0.1, 0.15) is 41.1 Å². The van der Waals surface area contributed by atoms with Gasteiger partial charge in [-0.15, -0.1) is 0 Å². The molecule has 10 nitrogen and oxygen atoms in total. The van der Waals surface area contributed by atoms with Crippen molar-refractivity contribution in [2.75, 3.05) is 36.5 Å². The summed E-state index contributed by atoms with van der Waals surface area (Å²) in [6.07, 6.45) is 1.05. The van der Waals surface area contributed by atoms with Crippen molar-refractivity contribution in [3.63, 3.8) is 0 Å². The van der Waals surface area contributed by atoms with Gasteiger partial charge < -0.3 is 25.4 Å². The van der Waals surface area contributed by atoms with Gasteiger partial charge in [-0.25, -0.2) is 9.98 Å². The molecule has 1 saturated heterocycles. The van der Waals surface area contributed by atoms with Gasteiger partial charge in [-0.2, -0.15) is 4.99 Å². The SMILES string of the molecule is N=C(O/C(N)=N/[C@H]1N=C(c2ccccc2)c2ccccc2NC1=O)c1ccc(C2CC2)nc1N1CCOCC1. The van der Waals surface area contributed by atoms with Crippen LogP contribution in [0.15, 0.2) is 76.7 Å². The standard InChI is InChI=1S/C29H29N7O3/c30-25(21-12-13-22(18-10-11-18)32-27(21)36-14-16-38-17-15-36)39-29(31)35-26-28(37)33-23-9-5-4-8-20(23)24(34-26)19-6-2-1-3-7-19/h1-9,12-13,18,26,30H,10-11,14-17H2,(H2,31,35)(H,33,37)/t26-/m1/s1. The summed E-state index contributed by atoms with van der Waals surface area (Å²) in [5, 5.41) is 11.6. The van der Waals surface area contributed by atoms with Gasteiger partial charge in [-0.05, 0) is 31.0 Å². The van der Waals surface area contributed by atoms with E-state index in [1.54, 1.807) is 0 Å². The molecule has 2 aromatic carbocycles. The van der Waals surface area contributed by atoms with Crippen molar-refractivity contribution in [2.45, 2.75) is 24.9 Å². The molecule has 0 radical (unpaired) electrons.